The molecule has 0 N–H and O–H groups in total. The molecular formula is C42H16F4N6O3S4. The van der Waals surface area contributed by atoms with Crippen LogP contribution in [0.1, 0.15) is 79.5 Å². The first kappa shape index (κ1) is 36.7. The normalized spacial score (nSPS) is 19.3. The minimum absolute atomic E-state index is 0.0333. The zero-order valence-electron chi connectivity index (χ0n) is 29.6. The number of rotatable bonds is 2. The molecule has 0 radical (unpaired) electrons. The summed E-state index contributed by atoms with van der Waals surface area (Å²) >= 11 is 5.39. The first-order valence-electron chi connectivity index (χ1n) is 17.6. The summed E-state index contributed by atoms with van der Waals surface area (Å²) in [4.78, 5) is 46.4. The molecule has 6 aromatic rings. The molecule has 9 nitrogen and oxygen atoms in total. The summed E-state index contributed by atoms with van der Waals surface area (Å²) < 4.78 is 65.8. The van der Waals surface area contributed by atoms with Gasteiger partial charge in [-0.15, -0.1) is 45.3 Å². The van der Waals surface area contributed by atoms with Crippen LogP contribution in [0.4, 0.5) is 17.6 Å². The summed E-state index contributed by atoms with van der Waals surface area (Å²) in [6, 6.07) is 6.74. The number of carbonyl (C=O) groups is 2. The number of ether oxygens (including phenoxy) is 1. The molecule has 0 unspecified atom stereocenters. The summed E-state index contributed by atoms with van der Waals surface area (Å²) in [5.41, 5.74) is -1.32. The first-order chi connectivity index (χ1) is 28.5. The molecule has 59 heavy (non-hydrogen) atoms. The van der Waals surface area contributed by atoms with Crippen LogP contribution in [-0.4, -0.2) is 21.5 Å². The van der Waals surface area contributed by atoms with Gasteiger partial charge in [0.2, 0.25) is 0 Å². The number of hydrogen-bond acceptors (Lipinski definition) is 11. The Morgan fingerprint density at radius 1 is 0.695 bits per heavy atom. The Hall–Kier alpha value is -6.60. The fourth-order valence-corrected chi connectivity index (χ4v) is 13.2. The summed E-state index contributed by atoms with van der Waals surface area (Å²) in [5.74, 6) is -5.57. The lowest BCUT2D eigenvalue weighted by molar-refractivity contribution is 0.0282. The van der Waals surface area contributed by atoms with Crippen molar-refractivity contribution in [1.29, 1.82) is 10.5 Å². The maximum Gasteiger partial charge on any atom is 0.270 e. The van der Waals surface area contributed by atoms with Crippen molar-refractivity contribution in [2.75, 3.05) is 0 Å². The van der Waals surface area contributed by atoms with Crippen molar-refractivity contribution >= 4 is 99.3 Å². The number of Topliss-reactive ketones (excluding diaryl/α,β-unsaturated/α-hetero) is 2. The molecule has 1 aliphatic heterocycles. The number of allylic oxidation sites excluding steroid dienone is 6. The molecule has 0 bridgehead atoms. The van der Waals surface area contributed by atoms with Gasteiger partial charge in [0.1, 0.15) is 30.0 Å². The third-order valence-electron chi connectivity index (χ3n) is 10.7. The van der Waals surface area contributed by atoms with Gasteiger partial charge in [-0.1, -0.05) is 6.42 Å². The molecule has 2 aromatic carbocycles. The van der Waals surface area contributed by atoms with Crippen molar-refractivity contribution in [3.05, 3.63) is 131 Å². The number of ketones is 2. The molecule has 1 spiro atoms. The smallest absolute Gasteiger partial charge is 0.270 e. The Labute approximate surface area is 346 Å². The van der Waals surface area contributed by atoms with E-state index in [4.69, 9.17) is 27.8 Å². The van der Waals surface area contributed by atoms with Crippen LogP contribution in [0.2, 0.25) is 0 Å². The van der Waals surface area contributed by atoms with Gasteiger partial charge >= 0.3 is 0 Å². The lowest BCUT2D eigenvalue weighted by Crippen LogP contribution is -2.37. The number of benzene rings is 2. The van der Waals surface area contributed by atoms with E-state index in [1.165, 1.54) is 57.5 Å². The van der Waals surface area contributed by atoms with Gasteiger partial charge in [-0.3, -0.25) is 9.59 Å². The molecule has 10 rings (SSSR count). The number of thiazole rings is 2. The fraction of sp³-hybridized carbons (Fsp3) is 0.143. The molecule has 17 heteroatoms. The Balaban J connectivity index is 1.09. The van der Waals surface area contributed by atoms with Crippen LogP contribution in [0.15, 0.2) is 46.8 Å². The van der Waals surface area contributed by atoms with Crippen LogP contribution < -0.4 is 4.74 Å². The number of fused-ring (bicyclic) bond motifs is 10. The van der Waals surface area contributed by atoms with Crippen molar-refractivity contribution in [3.8, 4) is 27.6 Å². The molecule has 284 valence electrons. The molecule has 3 aliphatic carbocycles. The Kier molecular flexibility index (Phi) is 8.22. The van der Waals surface area contributed by atoms with Crippen molar-refractivity contribution in [2.45, 2.75) is 37.7 Å². The van der Waals surface area contributed by atoms with Gasteiger partial charge < -0.3 is 4.74 Å². The molecule has 1 fully saturated rings. The molecule has 4 aromatic heterocycles. The predicted octanol–water partition coefficient (Wildman–Crippen LogP) is 11.7. The highest BCUT2D eigenvalue weighted by Gasteiger charge is 2.47. The van der Waals surface area contributed by atoms with Crippen LogP contribution in [0.5, 0.6) is 5.75 Å². The zero-order chi connectivity index (χ0) is 41.1. The number of carbonyl (C=O) groups excluding carboxylic acids is 2. The predicted molar refractivity (Wildman–Crippen MR) is 215 cm³/mol. The summed E-state index contributed by atoms with van der Waals surface area (Å²) in [6.45, 7) is 15.1. The van der Waals surface area contributed by atoms with Crippen LogP contribution in [0.3, 0.4) is 0 Å². The van der Waals surface area contributed by atoms with E-state index in [1.54, 1.807) is 12.1 Å². The SMILES string of the molecule is [C-]#[N+]/C(C#N)=C1\C(=C\c2nc3sc4c(c3s2)OC2(CCCCC2)c2c-4sc3nc(/C=C4\C(=O)c5cc(F)c(F)cc5\C4=C(\C#N)[N+]#[C-])sc23)C(=O)c2cc(F)c(F)cc21. The van der Waals surface area contributed by atoms with E-state index in [2.05, 4.69) is 9.69 Å². The number of thiophene rings is 2. The molecule has 0 atom stereocenters. The quantitative estimate of drug-likeness (QED) is 0.0734. The lowest BCUT2D eigenvalue weighted by atomic mass is 9.78. The highest BCUT2D eigenvalue weighted by Crippen LogP contribution is 2.62. The van der Waals surface area contributed by atoms with Gasteiger partial charge in [-0.05, 0) is 73.2 Å². The summed E-state index contributed by atoms with van der Waals surface area (Å²) in [7, 11) is 0. The van der Waals surface area contributed by atoms with Gasteiger partial charge in [0.25, 0.3) is 11.4 Å². The van der Waals surface area contributed by atoms with Gasteiger partial charge in [0, 0.05) is 39.0 Å². The van der Waals surface area contributed by atoms with Crippen LogP contribution in [0, 0.1) is 59.1 Å². The Morgan fingerprint density at radius 2 is 1.15 bits per heavy atom. The maximum absolute atomic E-state index is 14.4. The van der Waals surface area contributed by atoms with Gasteiger partial charge in [0.15, 0.2) is 40.6 Å². The highest BCUT2D eigenvalue weighted by atomic mass is 32.1. The van der Waals surface area contributed by atoms with Crippen molar-refractivity contribution in [2.24, 2.45) is 0 Å². The topological polar surface area (TPSA) is 125 Å². The van der Waals surface area contributed by atoms with E-state index < -0.39 is 51.8 Å². The molecule has 1 saturated carbocycles. The number of nitrogens with zero attached hydrogens (tertiary/aromatic N) is 6. The van der Waals surface area contributed by atoms with Crippen LogP contribution in [0.25, 0.3) is 61.8 Å². The number of halogens is 4. The molecule has 5 heterocycles. The van der Waals surface area contributed by atoms with E-state index in [0.29, 0.717) is 38.3 Å². The lowest BCUT2D eigenvalue weighted by Gasteiger charge is -2.40. The highest BCUT2D eigenvalue weighted by molar-refractivity contribution is 7.34. The van der Waals surface area contributed by atoms with E-state index in [0.717, 1.165) is 68.2 Å². The van der Waals surface area contributed by atoms with Gasteiger partial charge in [-0.25, -0.2) is 47.7 Å². The minimum Gasteiger partial charge on any atom is -0.479 e. The monoisotopic (exact) mass is 856 g/mol. The molecule has 4 aliphatic rings. The molecular weight excluding hydrogens is 841 g/mol. The molecule has 0 amide bonds. The number of hydrogen-bond donors (Lipinski definition) is 0. The minimum atomic E-state index is -1.23. The second kappa shape index (κ2) is 13.2. The Morgan fingerprint density at radius 3 is 1.64 bits per heavy atom. The van der Waals surface area contributed by atoms with Crippen LogP contribution >= 0.6 is 45.3 Å². The summed E-state index contributed by atoms with van der Waals surface area (Å²) in [6.07, 6.45) is 7.07. The van der Waals surface area contributed by atoms with E-state index in [9.17, 15) is 37.7 Å². The van der Waals surface area contributed by atoms with Gasteiger partial charge in [-0.2, -0.15) is 0 Å². The largest absolute Gasteiger partial charge is 0.479 e. The maximum atomic E-state index is 14.4. The number of nitriles is 2. The van der Waals surface area contributed by atoms with Crippen molar-refractivity contribution in [1.82, 2.24) is 9.97 Å². The van der Waals surface area contributed by atoms with E-state index in [1.807, 2.05) is 0 Å². The average Bonchev–Trinajstić information content (AvgIpc) is 4.05. The zero-order valence-corrected chi connectivity index (χ0v) is 32.8. The van der Waals surface area contributed by atoms with Crippen molar-refractivity contribution in [3.63, 3.8) is 0 Å². The third kappa shape index (κ3) is 5.26. The second-order valence-corrected chi connectivity index (χ2v) is 17.9. The third-order valence-corrected chi connectivity index (χ3v) is 15.3. The van der Waals surface area contributed by atoms with Crippen molar-refractivity contribution < 1.29 is 31.9 Å². The van der Waals surface area contributed by atoms with E-state index >= 15 is 0 Å². The number of aromatic nitrogens is 2. The summed E-state index contributed by atoms with van der Waals surface area (Å²) in [5, 5.41) is 20.2. The average molecular weight is 857 g/mol. The standard InChI is InChI=1S/C42H16F4N6O3S4/c1-49-26(14-47)30-16-8-22(43)24(45)10-18(16)33(53)20(30)12-28-51-40-37(56-28)32-36(58-40)38-35(55-42(32)6-4-3-5-7-42)39-41(59-38)52-29(57-39)13-21-31(27(15-48)50-2)17-9-23(44)25(46)11-19(17)34(21)54/h8-13H,3-7H2/b20-12-,21-13-,30-26+,31-27-. The molecule has 0 saturated heterocycles. The van der Waals surface area contributed by atoms with E-state index in [-0.39, 0.29) is 44.5 Å². The fourth-order valence-electron chi connectivity index (χ4n) is 8.24. The Bertz CT molecular complexity index is 3300. The first-order valence-corrected chi connectivity index (χ1v) is 20.9. The van der Waals surface area contributed by atoms with Crippen LogP contribution in [-0.2, 0) is 5.60 Å². The second-order valence-electron chi connectivity index (χ2n) is 13.9. The van der Waals surface area contributed by atoms with Gasteiger partial charge in [0.05, 0.1) is 39.7 Å².